The molecule has 1 unspecified atom stereocenters. The van der Waals surface area contributed by atoms with Gasteiger partial charge in [-0.1, -0.05) is 6.07 Å². The number of hydrogen-bond acceptors (Lipinski definition) is 4. The summed E-state index contributed by atoms with van der Waals surface area (Å²) in [5.41, 5.74) is 0.585. The Kier molecular flexibility index (Phi) is 4.03. The third-order valence-electron chi connectivity index (χ3n) is 3.10. The quantitative estimate of drug-likeness (QED) is 0.672. The fraction of sp³-hybridized carbons (Fsp3) is 0.417. The van der Waals surface area contributed by atoms with Crippen molar-refractivity contribution in [1.82, 2.24) is 0 Å². The van der Waals surface area contributed by atoms with Gasteiger partial charge in [-0.05, 0) is 31.0 Å². The van der Waals surface area contributed by atoms with Crippen LogP contribution < -0.4 is 5.14 Å². The minimum Gasteiger partial charge on any atom is -0.462 e. The summed E-state index contributed by atoms with van der Waals surface area (Å²) in [6.45, 7) is 1.69. The Hall–Kier alpha value is -0.820. The van der Waals surface area contributed by atoms with E-state index in [1.165, 1.54) is 18.2 Å². The number of primary sulfonamides is 1. The van der Waals surface area contributed by atoms with Crippen molar-refractivity contribution in [2.24, 2.45) is 11.1 Å². The van der Waals surface area contributed by atoms with E-state index in [9.17, 15) is 13.2 Å². The van der Waals surface area contributed by atoms with Crippen molar-refractivity contribution < 1.29 is 17.9 Å². The predicted molar refractivity (Wildman–Crippen MR) is 75.4 cm³/mol. The van der Waals surface area contributed by atoms with E-state index in [0.717, 1.165) is 0 Å². The topological polar surface area (TPSA) is 86.5 Å². The number of sulfonamides is 1. The molecule has 110 valence electrons. The summed E-state index contributed by atoms with van der Waals surface area (Å²) >= 11 is 11.6. The summed E-state index contributed by atoms with van der Waals surface area (Å²) in [6, 6.07) is 4.18. The number of aryl methyl sites for hydroxylation is 1. The zero-order valence-corrected chi connectivity index (χ0v) is 12.9. The van der Waals surface area contributed by atoms with Gasteiger partial charge < -0.3 is 4.74 Å². The van der Waals surface area contributed by atoms with Crippen LogP contribution in [0.25, 0.3) is 0 Å². The normalized spacial score (nSPS) is 20.5. The van der Waals surface area contributed by atoms with Crippen LogP contribution in [0.5, 0.6) is 0 Å². The maximum atomic E-state index is 11.8. The Morgan fingerprint density at radius 1 is 1.50 bits per heavy atom. The Labute approximate surface area is 127 Å². The minimum absolute atomic E-state index is 0.0852. The molecule has 0 heterocycles. The van der Waals surface area contributed by atoms with Gasteiger partial charge in [0.05, 0.1) is 17.1 Å². The van der Waals surface area contributed by atoms with Crippen LogP contribution in [0.1, 0.15) is 22.3 Å². The number of carbonyl (C=O) groups excluding carboxylic acids is 1. The number of nitrogens with two attached hydrogens (primary N) is 1. The molecule has 0 amide bonds. The molecule has 2 rings (SSSR count). The standard InChI is InChI=1S/C12H13Cl2NO4S/c1-7-2-3-8(4-10(7)20(15,17)18)11(16)19-6-9-5-12(9,13)14/h2-4,9H,5-6H2,1H3,(H2,15,17,18). The van der Waals surface area contributed by atoms with Gasteiger partial charge in [-0.15, -0.1) is 23.2 Å². The Morgan fingerprint density at radius 2 is 2.10 bits per heavy atom. The van der Waals surface area contributed by atoms with E-state index in [0.29, 0.717) is 12.0 Å². The lowest BCUT2D eigenvalue weighted by Gasteiger charge is -2.08. The molecular formula is C12H13Cl2NO4S. The molecule has 1 aromatic carbocycles. The van der Waals surface area contributed by atoms with Crippen LogP contribution in [-0.2, 0) is 14.8 Å². The first-order chi connectivity index (χ1) is 9.11. The minimum atomic E-state index is -3.88. The fourth-order valence-corrected chi connectivity index (χ4v) is 3.05. The van der Waals surface area contributed by atoms with Crippen molar-refractivity contribution in [2.45, 2.75) is 22.6 Å². The van der Waals surface area contributed by atoms with Gasteiger partial charge >= 0.3 is 5.97 Å². The Morgan fingerprint density at radius 3 is 2.60 bits per heavy atom. The van der Waals surface area contributed by atoms with Crippen molar-refractivity contribution in [3.8, 4) is 0 Å². The lowest BCUT2D eigenvalue weighted by atomic mass is 10.1. The monoisotopic (exact) mass is 337 g/mol. The molecule has 1 fully saturated rings. The molecule has 0 spiro atoms. The molecule has 20 heavy (non-hydrogen) atoms. The maximum Gasteiger partial charge on any atom is 0.338 e. The van der Waals surface area contributed by atoms with Crippen LogP contribution in [-0.4, -0.2) is 25.3 Å². The molecule has 1 atom stereocenters. The van der Waals surface area contributed by atoms with Crippen LogP contribution in [0, 0.1) is 12.8 Å². The highest BCUT2D eigenvalue weighted by Gasteiger charge is 2.52. The van der Waals surface area contributed by atoms with E-state index in [1.54, 1.807) is 6.92 Å². The molecule has 1 aliphatic rings. The first-order valence-electron chi connectivity index (χ1n) is 5.79. The lowest BCUT2D eigenvalue weighted by Crippen LogP contribution is -2.16. The molecule has 1 aromatic rings. The number of hydrogen-bond donors (Lipinski definition) is 1. The molecular weight excluding hydrogens is 325 g/mol. The van der Waals surface area contributed by atoms with E-state index in [2.05, 4.69) is 0 Å². The van der Waals surface area contributed by atoms with Gasteiger partial charge in [-0.25, -0.2) is 18.4 Å². The van der Waals surface area contributed by atoms with Crippen molar-refractivity contribution in [3.05, 3.63) is 29.3 Å². The van der Waals surface area contributed by atoms with Crippen molar-refractivity contribution in [2.75, 3.05) is 6.61 Å². The molecule has 0 saturated heterocycles. The number of halogens is 2. The van der Waals surface area contributed by atoms with Crippen LogP contribution in [0.3, 0.4) is 0 Å². The van der Waals surface area contributed by atoms with E-state index in [-0.39, 0.29) is 23.0 Å². The fourth-order valence-electron chi connectivity index (χ4n) is 1.74. The lowest BCUT2D eigenvalue weighted by molar-refractivity contribution is 0.0485. The molecule has 0 aliphatic heterocycles. The van der Waals surface area contributed by atoms with Crippen molar-refractivity contribution in [1.29, 1.82) is 0 Å². The number of carbonyl (C=O) groups is 1. The highest BCUT2D eigenvalue weighted by molar-refractivity contribution is 7.89. The summed E-state index contributed by atoms with van der Waals surface area (Å²) in [5, 5.41) is 5.08. The van der Waals surface area contributed by atoms with Crippen LogP contribution in [0.4, 0.5) is 0 Å². The zero-order chi connectivity index (χ0) is 15.1. The van der Waals surface area contributed by atoms with E-state index in [1.807, 2.05) is 0 Å². The van der Waals surface area contributed by atoms with Crippen LogP contribution in [0.2, 0.25) is 0 Å². The molecule has 0 radical (unpaired) electrons. The molecule has 5 nitrogen and oxygen atoms in total. The first-order valence-corrected chi connectivity index (χ1v) is 8.10. The van der Waals surface area contributed by atoms with Gasteiger partial charge in [0.15, 0.2) is 0 Å². The maximum absolute atomic E-state index is 11.8. The Balaban J connectivity index is 2.11. The van der Waals surface area contributed by atoms with Gasteiger partial charge in [-0.3, -0.25) is 0 Å². The highest BCUT2D eigenvalue weighted by Crippen LogP contribution is 2.53. The summed E-state index contributed by atoms with van der Waals surface area (Å²) in [5.74, 6) is -0.719. The van der Waals surface area contributed by atoms with Gasteiger partial charge in [0.2, 0.25) is 10.0 Å². The third-order valence-corrected chi connectivity index (χ3v) is 5.08. The molecule has 8 heteroatoms. The third kappa shape index (κ3) is 3.44. The first kappa shape index (κ1) is 15.6. The summed E-state index contributed by atoms with van der Waals surface area (Å²) < 4.78 is 27.0. The largest absolute Gasteiger partial charge is 0.462 e. The average molecular weight is 338 g/mol. The number of esters is 1. The summed E-state index contributed by atoms with van der Waals surface area (Å²) in [4.78, 5) is 11.7. The molecule has 1 aliphatic carbocycles. The smallest absolute Gasteiger partial charge is 0.338 e. The van der Waals surface area contributed by atoms with Gasteiger partial charge in [0, 0.05) is 5.92 Å². The van der Waals surface area contributed by atoms with Gasteiger partial charge in [0.1, 0.15) is 4.33 Å². The SMILES string of the molecule is Cc1ccc(C(=O)OCC2CC2(Cl)Cl)cc1S(N)(=O)=O. The summed E-state index contributed by atoms with van der Waals surface area (Å²) in [7, 11) is -3.88. The van der Waals surface area contributed by atoms with Gasteiger partial charge in [-0.2, -0.15) is 0 Å². The zero-order valence-electron chi connectivity index (χ0n) is 10.6. The second-order valence-electron chi connectivity index (χ2n) is 4.79. The highest BCUT2D eigenvalue weighted by atomic mass is 35.5. The Bertz CT molecular complexity index is 657. The van der Waals surface area contributed by atoms with Crippen molar-refractivity contribution in [3.63, 3.8) is 0 Å². The molecule has 2 N–H and O–H groups in total. The van der Waals surface area contributed by atoms with Gasteiger partial charge in [0.25, 0.3) is 0 Å². The second-order valence-corrected chi connectivity index (χ2v) is 7.86. The van der Waals surface area contributed by atoms with Crippen LogP contribution in [0.15, 0.2) is 23.1 Å². The molecule has 0 bridgehead atoms. The number of alkyl halides is 2. The van der Waals surface area contributed by atoms with Crippen molar-refractivity contribution >= 4 is 39.2 Å². The van der Waals surface area contributed by atoms with Crippen LogP contribution >= 0.6 is 23.2 Å². The number of rotatable bonds is 4. The summed E-state index contributed by atoms with van der Waals surface area (Å²) in [6.07, 6.45) is 0.569. The predicted octanol–water partition coefficient (Wildman–Crippen LogP) is 1.99. The second kappa shape index (κ2) is 5.18. The van der Waals surface area contributed by atoms with E-state index in [4.69, 9.17) is 33.1 Å². The average Bonchev–Trinajstić information content (AvgIpc) is 2.93. The molecule has 0 aromatic heterocycles. The number of ether oxygens (including phenoxy) is 1. The van der Waals surface area contributed by atoms with E-state index >= 15 is 0 Å². The van der Waals surface area contributed by atoms with E-state index < -0.39 is 20.3 Å². The molecule has 1 saturated carbocycles. The number of benzene rings is 1.